The van der Waals surface area contributed by atoms with Gasteiger partial charge in [0.1, 0.15) is 18.6 Å². The van der Waals surface area contributed by atoms with Crippen molar-refractivity contribution >= 4 is 12.2 Å². The number of hydrazone groups is 1. The van der Waals surface area contributed by atoms with E-state index in [1.54, 1.807) is 36.4 Å². The third kappa shape index (κ3) is 5.13. The number of aromatic amines is 1. The zero-order chi connectivity index (χ0) is 19.8. The molecule has 3 rings (SSSR count). The first-order valence-electron chi connectivity index (χ1n) is 8.50. The van der Waals surface area contributed by atoms with Gasteiger partial charge in [-0.25, -0.2) is 9.82 Å². The number of benzene rings is 2. The molecule has 0 aliphatic heterocycles. The second-order valence-corrected chi connectivity index (χ2v) is 5.57. The second kappa shape index (κ2) is 9.26. The van der Waals surface area contributed by atoms with Crippen LogP contribution in [-0.4, -0.2) is 28.0 Å². The maximum Gasteiger partial charge on any atom is 0.271 e. The molecule has 0 bridgehead atoms. The minimum atomic E-state index is -0.386. The molecular formula is C19H18FN5O3. The Kier molecular flexibility index (Phi) is 6.29. The van der Waals surface area contributed by atoms with Crippen LogP contribution < -0.4 is 20.5 Å². The number of H-pyrrole nitrogens is 1. The van der Waals surface area contributed by atoms with Crippen molar-refractivity contribution in [2.45, 2.75) is 13.5 Å². The zero-order valence-corrected chi connectivity index (χ0v) is 15.1. The molecule has 0 aliphatic carbocycles. The molecule has 8 nitrogen and oxygen atoms in total. The summed E-state index contributed by atoms with van der Waals surface area (Å²) < 4.78 is 25.1. The first-order chi connectivity index (χ1) is 13.7. The summed E-state index contributed by atoms with van der Waals surface area (Å²) >= 11 is 0. The molecule has 0 amide bonds. The maximum atomic E-state index is 13.7. The van der Waals surface area contributed by atoms with Gasteiger partial charge in [0.2, 0.25) is 5.95 Å². The first-order valence-corrected chi connectivity index (χ1v) is 8.50. The lowest BCUT2D eigenvalue weighted by Crippen LogP contribution is -2.10. The van der Waals surface area contributed by atoms with E-state index in [1.165, 1.54) is 12.3 Å². The Hall–Kier alpha value is -3.75. The van der Waals surface area contributed by atoms with Crippen LogP contribution in [0.25, 0.3) is 0 Å². The highest BCUT2D eigenvalue weighted by atomic mass is 19.1. The van der Waals surface area contributed by atoms with Gasteiger partial charge in [-0.05, 0) is 36.8 Å². The summed E-state index contributed by atoms with van der Waals surface area (Å²) in [6.07, 6.45) is 2.58. The molecule has 2 aromatic carbocycles. The molecule has 3 aromatic rings. The Morgan fingerprint density at radius 2 is 2.07 bits per heavy atom. The van der Waals surface area contributed by atoms with Gasteiger partial charge in [0.15, 0.2) is 11.5 Å². The van der Waals surface area contributed by atoms with Crippen molar-refractivity contribution in [3.63, 3.8) is 0 Å². The van der Waals surface area contributed by atoms with Crippen LogP contribution in [0.4, 0.5) is 10.3 Å². The van der Waals surface area contributed by atoms with E-state index in [0.29, 0.717) is 23.7 Å². The number of nitrogens with one attached hydrogen (secondary N) is 2. The normalized spacial score (nSPS) is 10.8. The molecule has 0 spiro atoms. The minimum absolute atomic E-state index is 0.0851. The highest BCUT2D eigenvalue weighted by molar-refractivity contribution is 5.81. The van der Waals surface area contributed by atoms with Gasteiger partial charge in [0.05, 0.1) is 12.8 Å². The van der Waals surface area contributed by atoms with Crippen LogP contribution in [0.3, 0.4) is 0 Å². The van der Waals surface area contributed by atoms with Gasteiger partial charge in [-0.2, -0.15) is 5.10 Å². The van der Waals surface area contributed by atoms with Crippen LogP contribution >= 0.6 is 0 Å². The van der Waals surface area contributed by atoms with Gasteiger partial charge in [-0.3, -0.25) is 9.78 Å². The van der Waals surface area contributed by atoms with E-state index >= 15 is 0 Å². The monoisotopic (exact) mass is 383 g/mol. The molecule has 0 atom stereocenters. The molecule has 2 N–H and O–H groups in total. The summed E-state index contributed by atoms with van der Waals surface area (Å²) in [7, 11) is 0. The Morgan fingerprint density at radius 3 is 2.86 bits per heavy atom. The second-order valence-electron chi connectivity index (χ2n) is 5.57. The number of rotatable bonds is 8. The lowest BCUT2D eigenvalue weighted by molar-refractivity contribution is 0.266. The van der Waals surface area contributed by atoms with E-state index in [0.717, 1.165) is 11.8 Å². The van der Waals surface area contributed by atoms with Gasteiger partial charge in [0, 0.05) is 5.56 Å². The van der Waals surface area contributed by atoms with Gasteiger partial charge < -0.3 is 9.47 Å². The zero-order valence-electron chi connectivity index (χ0n) is 15.1. The van der Waals surface area contributed by atoms with Crippen LogP contribution in [0.1, 0.15) is 18.1 Å². The molecule has 0 saturated heterocycles. The smallest absolute Gasteiger partial charge is 0.271 e. The fourth-order valence-corrected chi connectivity index (χ4v) is 2.29. The predicted octanol–water partition coefficient (Wildman–Crippen LogP) is 2.73. The lowest BCUT2D eigenvalue weighted by atomic mass is 10.2. The quantitative estimate of drug-likeness (QED) is 0.458. The van der Waals surface area contributed by atoms with Gasteiger partial charge >= 0.3 is 0 Å². The summed E-state index contributed by atoms with van der Waals surface area (Å²) in [5.74, 6) is 0.806. The van der Waals surface area contributed by atoms with Crippen molar-refractivity contribution in [1.29, 1.82) is 0 Å². The van der Waals surface area contributed by atoms with Crippen molar-refractivity contribution < 1.29 is 13.9 Å². The number of ether oxygens (including phenoxy) is 2. The Balaban J connectivity index is 1.70. The molecule has 0 saturated carbocycles. The van der Waals surface area contributed by atoms with Crippen molar-refractivity contribution in [2.24, 2.45) is 5.10 Å². The van der Waals surface area contributed by atoms with E-state index in [9.17, 15) is 9.18 Å². The Bertz CT molecular complexity index is 1020. The summed E-state index contributed by atoms with van der Waals surface area (Å²) in [5, 5.41) is 11.2. The molecule has 0 fully saturated rings. The molecule has 9 heteroatoms. The summed E-state index contributed by atoms with van der Waals surface area (Å²) in [6, 6.07) is 11.7. The van der Waals surface area contributed by atoms with E-state index in [-0.39, 0.29) is 23.9 Å². The number of nitrogens with zero attached hydrogens (tertiary/aromatic N) is 3. The van der Waals surface area contributed by atoms with E-state index < -0.39 is 0 Å². The number of hydrogen-bond acceptors (Lipinski definition) is 7. The predicted molar refractivity (Wildman–Crippen MR) is 102 cm³/mol. The van der Waals surface area contributed by atoms with Crippen LogP contribution in [-0.2, 0) is 6.61 Å². The first kappa shape index (κ1) is 19.0. The van der Waals surface area contributed by atoms with Crippen LogP contribution in [0.2, 0.25) is 0 Å². The average Bonchev–Trinajstić information content (AvgIpc) is 2.69. The van der Waals surface area contributed by atoms with E-state index in [2.05, 4.69) is 25.7 Å². The number of aromatic nitrogens is 3. The van der Waals surface area contributed by atoms with E-state index in [1.807, 2.05) is 6.92 Å². The van der Waals surface area contributed by atoms with Crippen LogP contribution in [0, 0.1) is 5.82 Å². The minimum Gasteiger partial charge on any atom is -0.490 e. The molecule has 0 aliphatic rings. The van der Waals surface area contributed by atoms with Crippen molar-refractivity contribution in [2.75, 3.05) is 12.0 Å². The SMILES string of the molecule is CCOc1cc(/C=N/Nc2nncc(=O)[nH]2)ccc1OCc1ccccc1F. The fraction of sp³-hybridized carbons (Fsp3) is 0.158. The van der Waals surface area contributed by atoms with Crippen molar-refractivity contribution in [1.82, 2.24) is 15.2 Å². The number of hydrogen-bond donors (Lipinski definition) is 2. The van der Waals surface area contributed by atoms with Crippen molar-refractivity contribution in [3.05, 3.63) is 76.0 Å². The topological polar surface area (TPSA) is 101 Å². The summed E-state index contributed by atoms with van der Waals surface area (Å²) in [5.41, 5.74) is 3.37. The third-order valence-corrected chi connectivity index (χ3v) is 3.57. The molecule has 0 radical (unpaired) electrons. The average molecular weight is 383 g/mol. The Labute approximate surface area is 160 Å². The number of anilines is 1. The molecular weight excluding hydrogens is 365 g/mol. The number of halogens is 1. The lowest BCUT2D eigenvalue weighted by Gasteiger charge is -2.13. The molecule has 1 aromatic heterocycles. The summed E-state index contributed by atoms with van der Waals surface area (Å²) in [4.78, 5) is 13.6. The Morgan fingerprint density at radius 1 is 1.21 bits per heavy atom. The van der Waals surface area contributed by atoms with Gasteiger partial charge in [-0.1, -0.05) is 18.2 Å². The highest BCUT2D eigenvalue weighted by Crippen LogP contribution is 2.29. The maximum absolute atomic E-state index is 13.7. The molecule has 0 unspecified atom stereocenters. The van der Waals surface area contributed by atoms with Crippen molar-refractivity contribution in [3.8, 4) is 11.5 Å². The van der Waals surface area contributed by atoms with Gasteiger partial charge in [-0.15, -0.1) is 10.2 Å². The third-order valence-electron chi connectivity index (χ3n) is 3.57. The molecule has 144 valence electrons. The fourth-order valence-electron chi connectivity index (χ4n) is 2.29. The van der Waals surface area contributed by atoms with E-state index in [4.69, 9.17) is 9.47 Å². The largest absolute Gasteiger partial charge is 0.490 e. The molecule has 28 heavy (non-hydrogen) atoms. The van der Waals surface area contributed by atoms with Crippen LogP contribution in [0.5, 0.6) is 11.5 Å². The summed E-state index contributed by atoms with van der Waals surface area (Å²) in [6.45, 7) is 2.38. The molecule has 1 heterocycles. The van der Waals surface area contributed by atoms with Gasteiger partial charge in [0.25, 0.3) is 5.56 Å². The highest BCUT2D eigenvalue weighted by Gasteiger charge is 2.08. The van der Waals surface area contributed by atoms with Crippen LogP contribution in [0.15, 0.2) is 58.6 Å². The standard InChI is InChI=1S/C19H18FN5O3/c1-2-27-17-9-13(10-21-24-19-23-18(26)11-22-25-19)7-8-16(17)28-12-14-5-3-4-6-15(14)20/h3-11H,2,12H2,1H3,(H2,23,24,25,26)/b21-10+.